The molecule has 86 valence electrons. The van der Waals surface area contributed by atoms with Gasteiger partial charge >= 0.3 is 0 Å². The summed E-state index contributed by atoms with van der Waals surface area (Å²) in [5, 5.41) is 3.59. The summed E-state index contributed by atoms with van der Waals surface area (Å²) in [6.45, 7) is 13.2. The molecule has 0 saturated carbocycles. The Bertz CT molecular complexity index is 154. The summed E-state index contributed by atoms with van der Waals surface area (Å²) in [6, 6.07) is 1.07. The highest BCUT2D eigenvalue weighted by Gasteiger charge is 2.21. The molecule has 0 radical (unpaired) electrons. The summed E-state index contributed by atoms with van der Waals surface area (Å²) in [4.78, 5) is 0. The molecule has 0 aromatic carbocycles. The van der Waals surface area contributed by atoms with E-state index in [1.165, 1.54) is 0 Å². The predicted octanol–water partition coefficient (Wildman–Crippen LogP) is 2.82. The van der Waals surface area contributed by atoms with E-state index in [1.54, 1.807) is 7.11 Å². The Morgan fingerprint density at radius 2 is 1.64 bits per heavy atom. The minimum atomic E-state index is -0.0247. The van der Waals surface area contributed by atoms with Crippen LogP contribution in [0.1, 0.15) is 48.0 Å². The quantitative estimate of drug-likeness (QED) is 0.713. The molecule has 0 unspecified atom stereocenters. The number of rotatable bonds is 6. The summed E-state index contributed by atoms with van der Waals surface area (Å²) in [5.41, 5.74) is -0.0247. The Balaban J connectivity index is 3.92. The largest absolute Gasteiger partial charge is 0.379 e. The summed E-state index contributed by atoms with van der Waals surface area (Å²) in [5.74, 6) is 0.683. The van der Waals surface area contributed by atoms with Crippen molar-refractivity contribution >= 4 is 0 Å². The molecular formula is C12H27NO. The van der Waals surface area contributed by atoms with Crippen LogP contribution in [0.15, 0.2) is 0 Å². The van der Waals surface area contributed by atoms with E-state index in [1.807, 2.05) is 0 Å². The van der Waals surface area contributed by atoms with E-state index in [2.05, 4.69) is 46.9 Å². The van der Waals surface area contributed by atoms with Gasteiger partial charge < -0.3 is 10.1 Å². The van der Waals surface area contributed by atoms with Gasteiger partial charge in [0.15, 0.2) is 0 Å². The van der Waals surface area contributed by atoms with Crippen molar-refractivity contribution in [1.29, 1.82) is 0 Å². The zero-order valence-electron chi connectivity index (χ0n) is 10.8. The molecule has 2 heteroatoms. The molecule has 0 aliphatic rings. The van der Waals surface area contributed by atoms with E-state index >= 15 is 0 Å². The van der Waals surface area contributed by atoms with Gasteiger partial charge in [0.1, 0.15) is 0 Å². The maximum Gasteiger partial charge on any atom is 0.0637 e. The molecule has 0 rings (SSSR count). The van der Waals surface area contributed by atoms with Crippen molar-refractivity contribution in [2.75, 3.05) is 7.11 Å². The van der Waals surface area contributed by atoms with Crippen LogP contribution in [-0.2, 0) is 4.74 Å². The molecule has 0 aromatic rings. The zero-order chi connectivity index (χ0) is 11.4. The highest BCUT2D eigenvalue weighted by Crippen LogP contribution is 2.16. The van der Waals surface area contributed by atoms with Crippen molar-refractivity contribution in [3.8, 4) is 0 Å². The molecule has 0 aliphatic carbocycles. The molecule has 0 fully saturated rings. The van der Waals surface area contributed by atoms with E-state index in [0.29, 0.717) is 18.0 Å². The molecule has 1 N–H and O–H groups in total. The molecule has 0 aromatic heterocycles. The van der Waals surface area contributed by atoms with Crippen molar-refractivity contribution in [2.45, 2.75) is 65.6 Å². The molecule has 0 amide bonds. The normalized spacial score (nSPS) is 17.1. The predicted molar refractivity (Wildman–Crippen MR) is 62.6 cm³/mol. The van der Waals surface area contributed by atoms with E-state index in [4.69, 9.17) is 4.74 Å². The van der Waals surface area contributed by atoms with Gasteiger partial charge in [0.25, 0.3) is 0 Å². The SMILES string of the molecule is COC(C)(C)C[C@H](C)N[C@@H](C)C(C)C. The number of hydrogen-bond donors (Lipinski definition) is 1. The fraction of sp³-hybridized carbons (Fsp3) is 1.00. The van der Waals surface area contributed by atoms with Gasteiger partial charge in [-0.25, -0.2) is 0 Å². The van der Waals surface area contributed by atoms with Gasteiger partial charge in [0.2, 0.25) is 0 Å². The Kier molecular flexibility index (Phi) is 5.68. The minimum absolute atomic E-state index is 0.0247. The maximum atomic E-state index is 5.41. The van der Waals surface area contributed by atoms with Gasteiger partial charge in [0.05, 0.1) is 5.60 Å². The fourth-order valence-electron chi connectivity index (χ4n) is 1.52. The molecular weight excluding hydrogens is 174 g/mol. The highest BCUT2D eigenvalue weighted by atomic mass is 16.5. The van der Waals surface area contributed by atoms with Crippen molar-refractivity contribution in [1.82, 2.24) is 5.32 Å². The average molecular weight is 201 g/mol. The van der Waals surface area contributed by atoms with E-state index < -0.39 is 0 Å². The third-order valence-electron chi connectivity index (χ3n) is 2.90. The van der Waals surface area contributed by atoms with Crippen molar-refractivity contribution < 1.29 is 4.74 Å². The lowest BCUT2D eigenvalue weighted by Gasteiger charge is -2.30. The number of ether oxygens (including phenoxy) is 1. The van der Waals surface area contributed by atoms with Crippen LogP contribution < -0.4 is 5.32 Å². The molecule has 2 nitrogen and oxygen atoms in total. The maximum absolute atomic E-state index is 5.41. The highest BCUT2D eigenvalue weighted by molar-refractivity contribution is 4.78. The van der Waals surface area contributed by atoms with E-state index in [9.17, 15) is 0 Å². The van der Waals surface area contributed by atoms with Crippen LogP contribution in [0.5, 0.6) is 0 Å². The first-order valence-electron chi connectivity index (χ1n) is 5.59. The van der Waals surface area contributed by atoms with Crippen LogP contribution in [0.3, 0.4) is 0 Å². The Labute approximate surface area is 89.4 Å². The monoisotopic (exact) mass is 201 g/mol. The summed E-state index contributed by atoms with van der Waals surface area (Å²) in [7, 11) is 1.78. The van der Waals surface area contributed by atoms with E-state index in [-0.39, 0.29) is 5.60 Å². The standard InChI is InChI=1S/C12H27NO/c1-9(2)11(4)13-10(3)8-12(5,6)14-7/h9-11,13H,8H2,1-7H3/t10-,11-/m0/s1. The van der Waals surface area contributed by atoms with Crippen LogP contribution in [0.4, 0.5) is 0 Å². The molecule has 0 heterocycles. The number of nitrogens with one attached hydrogen (secondary N) is 1. The molecule has 0 saturated heterocycles. The summed E-state index contributed by atoms with van der Waals surface area (Å²) in [6.07, 6.45) is 1.04. The first-order chi connectivity index (χ1) is 6.28. The van der Waals surface area contributed by atoms with Gasteiger partial charge in [0, 0.05) is 19.2 Å². The minimum Gasteiger partial charge on any atom is -0.379 e. The first-order valence-corrected chi connectivity index (χ1v) is 5.59. The zero-order valence-corrected chi connectivity index (χ0v) is 10.8. The van der Waals surface area contributed by atoms with Gasteiger partial charge in [-0.1, -0.05) is 13.8 Å². The lowest BCUT2D eigenvalue weighted by Crippen LogP contribution is -2.42. The number of methoxy groups -OCH3 is 1. The second-order valence-electron chi connectivity index (χ2n) is 5.27. The first kappa shape index (κ1) is 13.9. The van der Waals surface area contributed by atoms with Crippen LogP contribution in [0, 0.1) is 5.92 Å². The summed E-state index contributed by atoms with van der Waals surface area (Å²) >= 11 is 0. The van der Waals surface area contributed by atoms with Crippen LogP contribution in [-0.4, -0.2) is 24.8 Å². The Hall–Kier alpha value is -0.0800. The summed E-state index contributed by atoms with van der Waals surface area (Å²) < 4.78 is 5.41. The molecule has 0 bridgehead atoms. The molecule has 0 aliphatic heterocycles. The third kappa shape index (κ3) is 5.61. The van der Waals surface area contributed by atoms with Gasteiger partial charge in [-0.05, 0) is 40.0 Å². The smallest absolute Gasteiger partial charge is 0.0637 e. The second kappa shape index (κ2) is 5.72. The second-order valence-corrected chi connectivity index (χ2v) is 5.27. The fourth-order valence-corrected chi connectivity index (χ4v) is 1.52. The van der Waals surface area contributed by atoms with Crippen molar-refractivity contribution in [2.24, 2.45) is 5.92 Å². The molecule has 14 heavy (non-hydrogen) atoms. The van der Waals surface area contributed by atoms with Gasteiger partial charge in [-0.2, -0.15) is 0 Å². The van der Waals surface area contributed by atoms with Crippen LogP contribution >= 0.6 is 0 Å². The van der Waals surface area contributed by atoms with Gasteiger partial charge in [-0.15, -0.1) is 0 Å². The Morgan fingerprint density at radius 1 is 1.14 bits per heavy atom. The lowest BCUT2D eigenvalue weighted by atomic mass is 9.98. The van der Waals surface area contributed by atoms with E-state index in [0.717, 1.165) is 6.42 Å². The number of hydrogen-bond acceptors (Lipinski definition) is 2. The topological polar surface area (TPSA) is 21.3 Å². The Morgan fingerprint density at radius 3 is 2.00 bits per heavy atom. The van der Waals surface area contributed by atoms with Crippen LogP contribution in [0.25, 0.3) is 0 Å². The van der Waals surface area contributed by atoms with Crippen molar-refractivity contribution in [3.05, 3.63) is 0 Å². The van der Waals surface area contributed by atoms with Crippen molar-refractivity contribution in [3.63, 3.8) is 0 Å². The van der Waals surface area contributed by atoms with Gasteiger partial charge in [-0.3, -0.25) is 0 Å². The molecule has 2 atom stereocenters. The van der Waals surface area contributed by atoms with Crippen LogP contribution in [0.2, 0.25) is 0 Å². The third-order valence-corrected chi connectivity index (χ3v) is 2.90. The average Bonchev–Trinajstić information content (AvgIpc) is 2.02. The molecule has 0 spiro atoms. The lowest BCUT2D eigenvalue weighted by molar-refractivity contribution is 0.00741.